The van der Waals surface area contributed by atoms with Gasteiger partial charge in [0.05, 0.1) is 0 Å². The molecule has 1 aliphatic heterocycles. The molecule has 1 fully saturated rings. The summed E-state index contributed by atoms with van der Waals surface area (Å²) in [4.78, 5) is 12.4. The van der Waals surface area contributed by atoms with E-state index in [1.807, 2.05) is 0 Å². The van der Waals surface area contributed by atoms with Gasteiger partial charge in [-0.3, -0.25) is 0 Å². The maximum atomic E-state index is 10.8. The Morgan fingerprint density at radius 3 is 3.00 bits per heavy atom. The highest BCUT2D eigenvalue weighted by molar-refractivity contribution is 5.65. The second-order valence-corrected chi connectivity index (χ2v) is 3.41. The van der Waals surface area contributed by atoms with Crippen molar-refractivity contribution in [2.24, 2.45) is 0 Å². The summed E-state index contributed by atoms with van der Waals surface area (Å²) < 4.78 is 4.95. The van der Waals surface area contributed by atoms with Crippen LogP contribution in [0.5, 0.6) is 0 Å². The molecule has 0 aromatic heterocycles. The first-order chi connectivity index (χ1) is 6.25. The molecule has 76 valence electrons. The number of hydrogen-bond acceptors (Lipinski definition) is 2. The lowest BCUT2D eigenvalue weighted by atomic mass is 10.0. The minimum absolute atomic E-state index is 0.172. The molecule has 0 aromatic carbocycles. The molecular weight excluding hydrogens is 170 g/mol. The molecule has 1 N–H and O–H groups in total. The topological polar surface area (TPSA) is 49.8 Å². The van der Waals surface area contributed by atoms with Gasteiger partial charge in [0.2, 0.25) is 0 Å². The summed E-state index contributed by atoms with van der Waals surface area (Å²) in [6.07, 6.45) is 3.15. The zero-order chi connectivity index (χ0) is 9.68. The minimum atomic E-state index is -0.791. The lowest BCUT2D eigenvalue weighted by Gasteiger charge is -2.33. The Bertz CT molecular complexity index is 172. The molecule has 0 spiro atoms. The molecule has 1 unspecified atom stereocenters. The smallest absolute Gasteiger partial charge is 0.407 e. The van der Waals surface area contributed by atoms with Crippen molar-refractivity contribution in [2.75, 3.05) is 20.3 Å². The predicted molar refractivity (Wildman–Crippen MR) is 48.9 cm³/mol. The molecule has 1 aliphatic rings. The van der Waals surface area contributed by atoms with Crippen molar-refractivity contribution >= 4 is 6.09 Å². The van der Waals surface area contributed by atoms with Gasteiger partial charge in [-0.25, -0.2) is 4.79 Å². The summed E-state index contributed by atoms with van der Waals surface area (Å²) in [5, 5.41) is 8.89. The van der Waals surface area contributed by atoms with Gasteiger partial charge in [0.1, 0.15) is 0 Å². The highest BCUT2D eigenvalue weighted by Crippen LogP contribution is 2.19. The minimum Gasteiger partial charge on any atom is -0.465 e. The normalized spacial score (nSPS) is 23.2. The Morgan fingerprint density at radius 1 is 1.62 bits per heavy atom. The van der Waals surface area contributed by atoms with E-state index in [-0.39, 0.29) is 6.04 Å². The first kappa shape index (κ1) is 10.3. The summed E-state index contributed by atoms with van der Waals surface area (Å²) in [6.45, 7) is 1.33. The van der Waals surface area contributed by atoms with Crippen LogP contribution in [0.4, 0.5) is 4.79 Å². The number of hydrogen-bond donors (Lipinski definition) is 1. The fourth-order valence-electron chi connectivity index (χ4n) is 1.81. The van der Waals surface area contributed by atoms with E-state index in [1.54, 1.807) is 12.0 Å². The molecule has 0 aromatic rings. The van der Waals surface area contributed by atoms with Crippen LogP contribution in [0.3, 0.4) is 0 Å². The number of amides is 1. The van der Waals surface area contributed by atoms with Gasteiger partial charge in [0.15, 0.2) is 0 Å². The number of ether oxygens (including phenoxy) is 1. The van der Waals surface area contributed by atoms with Crippen molar-refractivity contribution in [3.63, 3.8) is 0 Å². The Hall–Kier alpha value is -0.770. The summed E-state index contributed by atoms with van der Waals surface area (Å²) >= 11 is 0. The maximum absolute atomic E-state index is 10.8. The van der Waals surface area contributed by atoms with Crippen LogP contribution in [0.15, 0.2) is 0 Å². The fourth-order valence-corrected chi connectivity index (χ4v) is 1.81. The summed E-state index contributed by atoms with van der Waals surface area (Å²) in [7, 11) is 1.65. The predicted octanol–water partition coefficient (Wildman–Crippen LogP) is 1.56. The average Bonchev–Trinajstić information content (AvgIpc) is 2.15. The third kappa shape index (κ3) is 2.88. The van der Waals surface area contributed by atoms with Crippen LogP contribution < -0.4 is 0 Å². The molecule has 13 heavy (non-hydrogen) atoms. The van der Waals surface area contributed by atoms with Gasteiger partial charge in [-0.05, 0) is 25.7 Å². The molecule has 4 nitrogen and oxygen atoms in total. The number of methoxy groups -OCH3 is 1. The molecule has 0 aliphatic carbocycles. The second-order valence-electron chi connectivity index (χ2n) is 3.41. The molecule has 1 rings (SSSR count). The quantitative estimate of drug-likeness (QED) is 0.729. The van der Waals surface area contributed by atoms with E-state index in [0.717, 1.165) is 25.7 Å². The molecule has 1 amide bonds. The van der Waals surface area contributed by atoms with Crippen LogP contribution in [0.25, 0.3) is 0 Å². The molecule has 1 heterocycles. The number of likely N-dealkylation sites (tertiary alicyclic amines) is 1. The van der Waals surface area contributed by atoms with Crippen molar-refractivity contribution < 1.29 is 14.6 Å². The number of carboxylic acid groups (broad SMARTS) is 1. The monoisotopic (exact) mass is 187 g/mol. The molecule has 1 saturated heterocycles. The molecule has 0 radical (unpaired) electrons. The Kier molecular flexibility index (Phi) is 4.02. The zero-order valence-corrected chi connectivity index (χ0v) is 8.03. The van der Waals surface area contributed by atoms with Crippen LogP contribution in [-0.2, 0) is 4.74 Å². The average molecular weight is 187 g/mol. The van der Waals surface area contributed by atoms with Crippen LogP contribution in [0, 0.1) is 0 Å². The third-order valence-electron chi connectivity index (χ3n) is 2.53. The van der Waals surface area contributed by atoms with E-state index in [0.29, 0.717) is 13.2 Å². The fraction of sp³-hybridized carbons (Fsp3) is 0.889. The van der Waals surface area contributed by atoms with E-state index in [1.165, 1.54) is 0 Å². The Labute approximate surface area is 78.5 Å². The van der Waals surface area contributed by atoms with Crippen molar-refractivity contribution in [1.29, 1.82) is 0 Å². The first-order valence-electron chi connectivity index (χ1n) is 4.74. The highest BCUT2D eigenvalue weighted by atomic mass is 16.5. The second kappa shape index (κ2) is 5.07. The highest BCUT2D eigenvalue weighted by Gasteiger charge is 2.25. The summed E-state index contributed by atoms with van der Waals surface area (Å²) in [5.74, 6) is 0. The lowest BCUT2D eigenvalue weighted by molar-refractivity contribution is 0.0874. The molecule has 0 saturated carbocycles. The van der Waals surface area contributed by atoms with E-state index < -0.39 is 6.09 Å². The molecule has 4 heteroatoms. The molecule has 0 bridgehead atoms. The lowest BCUT2D eigenvalue weighted by Crippen LogP contribution is -2.43. The Balaban J connectivity index is 2.41. The van der Waals surface area contributed by atoms with Crippen LogP contribution in [0.1, 0.15) is 25.7 Å². The molecular formula is C9H17NO3. The van der Waals surface area contributed by atoms with E-state index in [9.17, 15) is 4.79 Å². The Morgan fingerprint density at radius 2 is 2.38 bits per heavy atom. The van der Waals surface area contributed by atoms with Gasteiger partial charge in [-0.15, -0.1) is 0 Å². The number of carbonyl (C=O) groups is 1. The van der Waals surface area contributed by atoms with E-state index >= 15 is 0 Å². The largest absolute Gasteiger partial charge is 0.465 e. The van der Waals surface area contributed by atoms with Crippen LogP contribution in [-0.4, -0.2) is 42.4 Å². The first-order valence-corrected chi connectivity index (χ1v) is 4.74. The third-order valence-corrected chi connectivity index (χ3v) is 2.53. The van der Waals surface area contributed by atoms with Gasteiger partial charge >= 0.3 is 6.09 Å². The van der Waals surface area contributed by atoms with Crippen molar-refractivity contribution in [1.82, 2.24) is 4.90 Å². The van der Waals surface area contributed by atoms with E-state index in [4.69, 9.17) is 9.84 Å². The maximum Gasteiger partial charge on any atom is 0.407 e. The standard InChI is InChI=1S/C9H17NO3/c1-13-7-5-8-4-2-3-6-10(8)9(11)12/h8H,2-7H2,1H3,(H,11,12). The summed E-state index contributed by atoms with van der Waals surface area (Å²) in [6, 6.07) is 0.172. The van der Waals surface area contributed by atoms with Gasteiger partial charge in [0, 0.05) is 26.3 Å². The van der Waals surface area contributed by atoms with Crippen molar-refractivity contribution in [3.05, 3.63) is 0 Å². The van der Waals surface area contributed by atoms with E-state index in [2.05, 4.69) is 0 Å². The van der Waals surface area contributed by atoms with Crippen LogP contribution >= 0.6 is 0 Å². The number of rotatable bonds is 3. The number of nitrogens with zero attached hydrogens (tertiary/aromatic N) is 1. The SMILES string of the molecule is COCCC1CCCCN1C(=O)O. The number of piperidine rings is 1. The summed E-state index contributed by atoms with van der Waals surface area (Å²) in [5.41, 5.74) is 0. The zero-order valence-electron chi connectivity index (χ0n) is 8.03. The van der Waals surface area contributed by atoms with Gasteiger partial charge in [-0.1, -0.05) is 0 Å². The molecule has 1 atom stereocenters. The van der Waals surface area contributed by atoms with Gasteiger partial charge in [-0.2, -0.15) is 0 Å². The van der Waals surface area contributed by atoms with Gasteiger partial charge in [0.25, 0.3) is 0 Å². The van der Waals surface area contributed by atoms with Crippen LogP contribution in [0.2, 0.25) is 0 Å². The van der Waals surface area contributed by atoms with Crippen molar-refractivity contribution in [2.45, 2.75) is 31.7 Å². The van der Waals surface area contributed by atoms with Gasteiger partial charge < -0.3 is 14.7 Å². The van der Waals surface area contributed by atoms with Crippen molar-refractivity contribution in [3.8, 4) is 0 Å².